The van der Waals surface area contributed by atoms with Gasteiger partial charge in [-0.15, -0.1) is 0 Å². The van der Waals surface area contributed by atoms with Crippen molar-refractivity contribution in [2.24, 2.45) is 10.2 Å². The molecule has 0 saturated carbocycles. The predicted octanol–water partition coefficient (Wildman–Crippen LogP) is 2.76. The summed E-state index contributed by atoms with van der Waals surface area (Å²) in [4.78, 5) is 24.1. The summed E-state index contributed by atoms with van der Waals surface area (Å²) in [6.07, 6.45) is 9.01. The fourth-order valence-corrected chi connectivity index (χ4v) is 3.17. The minimum absolute atomic E-state index is 0.0748. The first-order valence-electron chi connectivity index (χ1n) is 12.4. The quantitative estimate of drug-likeness (QED) is 0.140. The molecule has 3 aromatic rings. The maximum atomic E-state index is 12.0. The van der Waals surface area contributed by atoms with Crippen molar-refractivity contribution in [3.05, 3.63) is 107 Å². The van der Waals surface area contributed by atoms with E-state index in [2.05, 4.69) is 21.1 Å². The summed E-state index contributed by atoms with van der Waals surface area (Å²) in [7, 11) is 0. The molecule has 4 N–H and O–H groups in total. The Kier molecular flexibility index (Phi) is 12.3. The molecule has 0 fully saturated rings. The van der Waals surface area contributed by atoms with Crippen LogP contribution in [0.25, 0.3) is 12.2 Å². The van der Waals surface area contributed by atoms with E-state index in [0.29, 0.717) is 11.5 Å². The van der Waals surface area contributed by atoms with E-state index in [0.717, 1.165) is 22.3 Å². The molecular weight excluding hydrogens is 512 g/mol. The molecule has 0 aliphatic rings. The second-order valence-electron chi connectivity index (χ2n) is 8.09. The molecule has 0 aromatic heterocycles. The van der Waals surface area contributed by atoms with Crippen LogP contribution in [-0.4, -0.2) is 60.9 Å². The van der Waals surface area contributed by atoms with E-state index in [4.69, 9.17) is 19.7 Å². The SMILES string of the molecule is O=C(/C=C/c1ccc(/C=C/C(=O)N/N=C/c2cccc(OCCO)c2)cc1)N/N=C/c1cccc(OCCO)c1. The van der Waals surface area contributed by atoms with Gasteiger partial charge in [-0.05, 0) is 58.7 Å². The van der Waals surface area contributed by atoms with E-state index < -0.39 is 11.8 Å². The van der Waals surface area contributed by atoms with Gasteiger partial charge < -0.3 is 19.7 Å². The molecule has 0 aliphatic carbocycles. The lowest BCUT2D eigenvalue weighted by Crippen LogP contribution is -2.14. The van der Waals surface area contributed by atoms with Crippen molar-refractivity contribution in [2.75, 3.05) is 26.4 Å². The monoisotopic (exact) mass is 542 g/mol. The highest BCUT2D eigenvalue weighted by Gasteiger charge is 1.98. The molecule has 0 atom stereocenters. The number of hydrazone groups is 2. The van der Waals surface area contributed by atoms with Crippen molar-refractivity contribution < 1.29 is 29.3 Å². The third kappa shape index (κ3) is 11.1. The average Bonchev–Trinajstić information content (AvgIpc) is 2.98. The Bertz CT molecular complexity index is 1260. The zero-order valence-electron chi connectivity index (χ0n) is 21.6. The summed E-state index contributed by atoms with van der Waals surface area (Å²) in [5.41, 5.74) is 7.91. The van der Waals surface area contributed by atoms with Gasteiger partial charge in [-0.1, -0.05) is 48.5 Å². The second kappa shape index (κ2) is 16.7. The zero-order valence-corrected chi connectivity index (χ0v) is 21.6. The van der Waals surface area contributed by atoms with Gasteiger partial charge >= 0.3 is 0 Å². The van der Waals surface area contributed by atoms with Gasteiger partial charge in [0.25, 0.3) is 11.8 Å². The topological polar surface area (TPSA) is 142 Å². The van der Waals surface area contributed by atoms with Gasteiger partial charge in [0, 0.05) is 12.2 Å². The number of carbonyl (C=O) groups is 2. The molecule has 0 radical (unpaired) electrons. The largest absolute Gasteiger partial charge is 0.491 e. The van der Waals surface area contributed by atoms with Gasteiger partial charge in [-0.2, -0.15) is 10.2 Å². The van der Waals surface area contributed by atoms with Crippen LogP contribution in [-0.2, 0) is 9.59 Å². The van der Waals surface area contributed by atoms with Crippen LogP contribution >= 0.6 is 0 Å². The molecule has 206 valence electrons. The summed E-state index contributed by atoms with van der Waals surface area (Å²) >= 11 is 0. The van der Waals surface area contributed by atoms with Crippen molar-refractivity contribution in [3.8, 4) is 11.5 Å². The molecule has 40 heavy (non-hydrogen) atoms. The standard InChI is InChI=1S/C30H30N4O6/c35-15-17-39-27-5-1-3-25(19-27)21-31-33-29(37)13-11-23-7-9-24(10-8-23)12-14-30(38)34-32-22-26-4-2-6-28(20-26)40-18-16-36/h1-14,19-22,35-36H,15-18H2,(H,33,37)(H,34,38)/b13-11+,14-12+,31-21+,32-22+. The summed E-state index contributed by atoms with van der Waals surface area (Å²) in [6.45, 7) is 0.248. The normalized spacial score (nSPS) is 11.4. The molecule has 0 spiro atoms. The summed E-state index contributed by atoms with van der Waals surface area (Å²) < 4.78 is 10.7. The second-order valence-corrected chi connectivity index (χ2v) is 8.09. The van der Waals surface area contributed by atoms with Crippen LogP contribution in [0, 0.1) is 0 Å². The summed E-state index contributed by atoms with van der Waals surface area (Å²) in [5.74, 6) is 0.407. The first-order valence-corrected chi connectivity index (χ1v) is 12.4. The molecule has 0 aliphatic heterocycles. The number of ether oxygens (including phenoxy) is 2. The van der Waals surface area contributed by atoms with Gasteiger partial charge in [-0.25, -0.2) is 10.9 Å². The number of nitrogens with one attached hydrogen (secondary N) is 2. The van der Waals surface area contributed by atoms with Crippen LogP contribution in [0.1, 0.15) is 22.3 Å². The van der Waals surface area contributed by atoms with Gasteiger partial charge in [0.2, 0.25) is 0 Å². The highest BCUT2D eigenvalue weighted by atomic mass is 16.5. The van der Waals surface area contributed by atoms with Crippen LogP contribution in [0.15, 0.2) is 95.2 Å². The molecule has 3 aromatic carbocycles. The minimum Gasteiger partial charge on any atom is -0.491 e. The third-order valence-electron chi connectivity index (χ3n) is 5.00. The van der Waals surface area contributed by atoms with Crippen LogP contribution < -0.4 is 20.3 Å². The molecule has 0 unspecified atom stereocenters. The number of amides is 2. The van der Waals surface area contributed by atoms with Gasteiger partial charge in [0.1, 0.15) is 24.7 Å². The predicted molar refractivity (Wildman–Crippen MR) is 154 cm³/mol. The number of hydrogen-bond acceptors (Lipinski definition) is 8. The van der Waals surface area contributed by atoms with Crippen molar-refractivity contribution in [1.82, 2.24) is 10.9 Å². The fourth-order valence-electron chi connectivity index (χ4n) is 3.17. The molecule has 2 amide bonds. The lowest BCUT2D eigenvalue weighted by Gasteiger charge is -2.04. The van der Waals surface area contributed by atoms with E-state index in [1.807, 2.05) is 36.4 Å². The first kappa shape index (κ1) is 29.5. The fraction of sp³-hybridized carbons (Fsp3) is 0.133. The van der Waals surface area contributed by atoms with Crippen molar-refractivity contribution >= 4 is 36.4 Å². The molecule has 0 bridgehead atoms. The number of rotatable bonds is 14. The van der Waals surface area contributed by atoms with Gasteiger partial charge in [0.05, 0.1) is 25.6 Å². The Morgan fingerprint density at radius 3 is 1.48 bits per heavy atom. The first-order chi connectivity index (χ1) is 19.6. The lowest BCUT2D eigenvalue weighted by molar-refractivity contribution is -0.117. The van der Waals surface area contributed by atoms with Crippen molar-refractivity contribution in [1.29, 1.82) is 0 Å². The number of hydrogen-bond donors (Lipinski definition) is 4. The molecule has 3 rings (SSSR count). The number of aliphatic hydroxyl groups is 2. The van der Waals surface area contributed by atoms with E-state index >= 15 is 0 Å². The molecule has 0 saturated heterocycles. The van der Waals surface area contributed by atoms with Crippen LogP contribution in [0.2, 0.25) is 0 Å². The maximum Gasteiger partial charge on any atom is 0.264 e. The smallest absolute Gasteiger partial charge is 0.264 e. The summed E-state index contributed by atoms with van der Waals surface area (Å²) in [5, 5.41) is 25.5. The Morgan fingerprint density at radius 2 is 1.07 bits per heavy atom. The zero-order chi connectivity index (χ0) is 28.4. The molecule has 0 heterocycles. The Morgan fingerprint density at radius 1 is 0.650 bits per heavy atom. The van der Waals surface area contributed by atoms with Crippen LogP contribution in [0.4, 0.5) is 0 Å². The molecule has 10 heteroatoms. The maximum absolute atomic E-state index is 12.0. The Hall–Kier alpha value is -5.06. The van der Waals surface area contributed by atoms with Crippen LogP contribution in [0.3, 0.4) is 0 Å². The minimum atomic E-state index is -0.394. The lowest BCUT2D eigenvalue weighted by atomic mass is 10.1. The van der Waals surface area contributed by atoms with Gasteiger partial charge in [-0.3, -0.25) is 9.59 Å². The number of aliphatic hydroxyl groups excluding tert-OH is 2. The van der Waals surface area contributed by atoms with Crippen molar-refractivity contribution in [3.63, 3.8) is 0 Å². The van der Waals surface area contributed by atoms with E-state index in [1.165, 1.54) is 24.6 Å². The molecular formula is C30H30N4O6. The number of benzene rings is 3. The summed E-state index contributed by atoms with van der Waals surface area (Å²) in [6, 6.07) is 21.4. The highest BCUT2D eigenvalue weighted by Crippen LogP contribution is 2.13. The van der Waals surface area contributed by atoms with E-state index in [-0.39, 0.29) is 26.4 Å². The Balaban J connectivity index is 1.43. The van der Waals surface area contributed by atoms with E-state index in [1.54, 1.807) is 48.6 Å². The Labute approximate surface area is 232 Å². The number of carbonyl (C=O) groups excluding carboxylic acids is 2. The van der Waals surface area contributed by atoms with Crippen molar-refractivity contribution in [2.45, 2.75) is 0 Å². The average molecular weight is 543 g/mol. The van der Waals surface area contributed by atoms with E-state index in [9.17, 15) is 9.59 Å². The number of nitrogens with zero attached hydrogens (tertiary/aromatic N) is 2. The third-order valence-corrected chi connectivity index (χ3v) is 5.00. The van der Waals surface area contributed by atoms with Gasteiger partial charge in [0.15, 0.2) is 0 Å². The van der Waals surface area contributed by atoms with Crippen LogP contribution in [0.5, 0.6) is 11.5 Å². The molecule has 10 nitrogen and oxygen atoms in total. The highest BCUT2D eigenvalue weighted by molar-refractivity contribution is 5.93.